The van der Waals surface area contributed by atoms with E-state index in [1.165, 1.54) is 0 Å². The summed E-state index contributed by atoms with van der Waals surface area (Å²) < 4.78 is 0. The second-order valence-corrected chi connectivity index (χ2v) is 3.57. The maximum atomic E-state index is 4.20. The molecule has 0 aromatic carbocycles. The van der Waals surface area contributed by atoms with Gasteiger partial charge in [-0.15, -0.1) is 0 Å². The van der Waals surface area contributed by atoms with Gasteiger partial charge in [0.15, 0.2) is 5.16 Å². The van der Waals surface area contributed by atoms with Crippen molar-refractivity contribution in [1.29, 1.82) is 0 Å². The van der Waals surface area contributed by atoms with Gasteiger partial charge in [-0.3, -0.25) is 0 Å². The molecule has 1 heterocycles. The third kappa shape index (κ3) is 2.79. The molecule has 1 aromatic rings. The zero-order valence-corrected chi connectivity index (χ0v) is 8.19. The molecule has 0 unspecified atom stereocenters. The summed E-state index contributed by atoms with van der Waals surface area (Å²) in [5.41, 5.74) is 1.12. The van der Waals surface area contributed by atoms with Gasteiger partial charge in [-0.25, -0.2) is 9.97 Å². The highest BCUT2D eigenvalue weighted by molar-refractivity contribution is 7.99. The third-order valence-electron chi connectivity index (χ3n) is 1.34. The highest BCUT2D eigenvalue weighted by Crippen LogP contribution is 2.10. The molecule has 0 aliphatic carbocycles. The van der Waals surface area contributed by atoms with Gasteiger partial charge in [-0.05, 0) is 12.8 Å². The van der Waals surface area contributed by atoms with Crippen LogP contribution in [-0.4, -0.2) is 22.8 Å². The van der Waals surface area contributed by atoms with E-state index in [-0.39, 0.29) is 0 Å². The molecule has 3 nitrogen and oxygen atoms in total. The van der Waals surface area contributed by atoms with E-state index in [1.807, 2.05) is 19.4 Å². The lowest BCUT2D eigenvalue weighted by Gasteiger charge is -1.99. The SMILES string of the molecule is CCSc1ncc(CNC)cn1. The summed E-state index contributed by atoms with van der Waals surface area (Å²) in [7, 11) is 1.91. The zero-order valence-electron chi connectivity index (χ0n) is 7.37. The molecule has 0 radical (unpaired) electrons. The Labute approximate surface area is 77.0 Å². The molecule has 0 aliphatic rings. The van der Waals surface area contributed by atoms with Gasteiger partial charge in [0.05, 0.1) is 0 Å². The molecular formula is C8H13N3S. The van der Waals surface area contributed by atoms with Crippen molar-refractivity contribution in [2.24, 2.45) is 0 Å². The Morgan fingerprint density at radius 2 is 2.08 bits per heavy atom. The summed E-state index contributed by atoms with van der Waals surface area (Å²) in [6.07, 6.45) is 3.73. The van der Waals surface area contributed by atoms with Crippen molar-refractivity contribution < 1.29 is 0 Å². The topological polar surface area (TPSA) is 37.8 Å². The molecule has 0 saturated heterocycles. The standard InChI is InChI=1S/C8H13N3S/c1-3-12-8-10-5-7(4-9-2)6-11-8/h5-6,9H,3-4H2,1-2H3. The van der Waals surface area contributed by atoms with E-state index in [0.29, 0.717) is 0 Å². The first-order valence-electron chi connectivity index (χ1n) is 3.95. The van der Waals surface area contributed by atoms with Crippen LogP contribution < -0.4 is 5.32 Å². The largest absolute Gasteiger partial charge is 0.316 e. The highest BCUT2D eigenvalue weighted by Gasteiger charge is 1.95. The first-order valence-corrected chi connectivity index (χ1v) is 4.93. The highest BCUT2D eigenvalue weighted by atomic mass is 32.2. The van der Waals surface area contributed by atoms with Crippen LogP contribution in [0.15, 0.2) is 17.6 Å². The van der Waals surface area contributed by atoms with Crippen LogP contribution in [0.25, 0.3) is 0 Å². The number of nitrogens with zero attached hydrogens (tertiary/aromatic N) is 2. The predicted octanol–water partition coefficient (Wildman–Crippen LogP) is 1.31. The molecule has 66 valence electrons. The van der Waals surface area contributed by atoms with Crippen molar-refractivity contribution in [3.63, 3.8) is 0 Å². The van der Waals surface area contributed by atoms with Crippen LogP contribution in [0.5, 0.6) is 0 Å². The first kappa shape index (κ1) is 9.48. The molecule has 1 rings (SSSR count). The van der Waals surface area contributed by atoms with Gasteiger partial charge in [0.2, 0.25) is 0 Å². The molecule has 4 heteroatoms. The number of aromatic nitrogens is 2. The lowest BCUT2D eigenvalue weighted by Crippen LogP contribution is -2.05. The van der Waals surface area contributed by atoms with Crippen LogP contribution in [0.1, 0.15) is 12.5 Å². The van der Waals surface area contributed by atoms with Gasteiger partial charge in [0.25, 0.3) is 0 Å². The molecule has 0 atom stereocenters. The maximum Gasteiger partial charge on any atom is 0.187 e. The minimum Gasteiger partial charge on any atom is -0.316 e. The summed E-state index contributed by atoms with van der Waals surface area (Å²) in [4.78, 5) is 8.40. The Balaban J connectivity index is 2.58. The second kappa shape index (κ2) is 5.11. The Morgan fingerprint density at radius 1 is 1.42 bits per heavy atom. The van der Waals surface area contributed by atoms with Crippen molar-refractivity contribution in [3.8, 4) is 0 Å². The molecule has 0 saturated carbocycles. The molecule has 0 amide bonds. The number of nitrogens with one attached hydrogen (secondary N) is 1. The van der Waals surface area contributed by atoms with E-state index in [1.54, 1.807) is 11.8 Å². The van der Waals surface area contributed by atoms with Crippen LogP contribution in [0, 0.1) is 0 Å². The summed E-state index contributed by atoms with van der Waals surface area (Å²) in [5, 5.41) is 3.91. The van der Waals surface area contributed by atoms with Crippen LogP contribution >= 0.6 is 11.8 Å². The smallest absolute Gasteiger partial charge is 0.187 e. The Morgan fingerprint density at radius 3 is 2.58 bits per heavy atom. The van der Waals surface area contributed by atoms with E-state index in [2.05, 4.69) is 22.2 Å². The van der Waals surface area contributed by atoms with Crippen molar-refractivity contribution in [2.45, 2.75) is 18.6 Å². The first-order chi connectivity index (χ1) is 5.86. The van der Waals surface area contributed by atoms with Gasteiger partial charge in [-0.2, -0.15) is 0 Å². The second-order valence-electron chi connectivity index (χ2n) is 2.34. The Kier molecular flexibility index (Phi) is 4.04. The fourth-order valence-corrected chi connectivity index (χ4v) is 1.35. The quantitative estimate of drug-likeness (QED) is 0.564. The third-order valence-corrected chi connectivity index (χ3v) is 2.09. The Hall–Kier alpha value is -0.610. The van der Waals surface area contributed by atoms with E-state index in [9.17, 15) is 0 Å². The lowest BCUT2D eigenvalue weighted by molar-refractivity contribution is 0.793. The monoisotopic (exact) mass is 183 g/mol. The molecule has 0 spiro atoms. The number of rotatable bonds is 4. The van der Waals surface area contributed by atoms with Gasteiger partial charge in [-0.1, -0.05) is 18.7 Å². The molecule has 12 heavy (non-hydrogen) atoms. The Bertz CT molecular complexity index is 197. The van der Waals surface area contributed by atoms with Crippen LogP contribution in [-0.2, 0) is 6.54 Å². The predicted molar refractivity (Wildman–Crippen MR) is 51.2 cm³/mol. The van der Waals surface area contributed by atoms with Crippen molar-refractivity contribution in [1.82, 2.24) is 15.3 Å². The molecule has 0 aliphatic heterocycles. The fraction of sp³-hybridized carbons (Fsp3) is 0.500. The van der Waals surface area contributed by atoms with Crippen molar-refractivity contribution >= 4 is 11.8 Å². The minimum atomic E-state index is 0.830. The fourth-order valence-electron chi connectivity index (χ4n) is 0.842. The van der Waals surface area contributed by atoms with Gasteiger partial charge >= 0.3 is 0 Å². The van der Waals surface area contributed by atoms with Gasteiger partial charge in [0.1, 0.15) is 0 Å². The maximum absolute atomic E-state index is 4.20. The summed E-state index contributed by atoms with van der Waals surface area (Å²) in [6.45, 7) is 2.92. The van der Waals surface area contributed by atoms with Crippen molar-refractivity contribution in [2.75, 3.05) is 12.8 Å². The molecule has 0 fully saturated rings. The van der Waals surface area contributed by atoms with Gasteiger partial charge < -0.3 is 5.32 Å². The van der Waals surface area contributed by atoms with E-state index in [0.717, 1.165) is 23.0 Å². The van der Waals surface area contributed by atoms with Gasteiger partial charge in [0, 0.05) is 24.5 Å². The normalized spacial score (nSPS) is 10.2. The van der Waals surface area contributed by atoms with E-state index in [4.69, 9.17) is 0 Å². The molecule has 0 bridgehead atoms. The summed E-state index contributed by atoms with van der Waals surface area (Å²) >= 11 is 1.66. The lowest BCUT2D eigenvalue weighted by atomic mass is 10.3. The average Bonchev–Trinajstić information content (AvgIpc) is 2.09. The molecule has 1 N–H and O–H groups in total. The molecule has 1 aromatic heterocycles. The van der Waals surface area contributed by atoms with Crippen LogP contribution in [0.4, 0.5) is 0 Å². The number of thioether (sulfide) groups is 1. The van der Waals surface area contributed by atoms with E-state index < -0.39 is 0 Å². The number of hydrogen-bond acceptors (Lipinski definition) is 4. The summed E-state index contributed by atoms with van der Waals surface area (Å²) in [5.74, 6) is 1.02. The van der Waals surface area contributed by atoms with Crippen molar-refractivity contribution in [3.05, 3.63) is 18.0 Å². The summed E-state index contributed by atoms with van der Waals surface area (Å²) in [6, 6.07) is 0. The molecular weight excluding hydrogens is 170 g/mol. The van der Waals surface area contributed by atoms with Crippen LogP contribution in [0.2, 0.25) is 0 Å². The average molecular weight is 183 g/mol. The van der Waals surface area contributed by atoms with E-state index >= 15 is 0 Å². The zero-order chi connectivity index (χ0) is 8.81. The number of hydrogen-bond donors (Lipinski definition) is 1. The van der Waals surface area contributed by atoms with Crippen LogP contribution in [0.3, 0.4) is 0 Å². The minimum absolute atomic E-state index is 0.830.